The standard InChI is InChI=1S/C13H13BrN2O5/c1-2-19-13(18)12(16-15)9(17)3-7-4-10-11(5-8(7)14)21-6-20-10/h4-5,9,17H,2-3,6H2,1H3. The van der Waals surface area contributed by atoms with Crippen molar-refractivity contribution in [1.29, 1.82) is 0 Å². The Morgan fingerprint density at radius 2 is 2.19 bits per heavy atom. The van der Waals surface area contributed by atoms with Gasteiger partial charge in [-0.2, -0.15) is 4.79 Å². The van der Waals surface area contributed by atoms with Crippen LogP contribution in [-0.4, -0.2) is 41.1 Å². The zero-order valence-electron chi connectivity index (χ0n) is 11.2. The third-order valence-corrected chi connectivity index (χ3v) is 3.60. The molecule has 0 saturated heterocycles. The van der Waals surface area contributed by atoms with Crippen LogP contribution in [0.4, 0.5) is 0 Å². The van der Waals surface area contributed by atoms with Gasteiger partial charge in [0.2, 0.25) is 6.79 Å². The van der Waals surface area contributed by atoms with Crippen LogP contribution in [0.5, 0.6) is 11.5 Å². The molecule has 1 heterocycles. The molecule has 0 saturated carbocycles. The van der Waals surface area contributed by atoms with Crippen molar-refractivity contribution in [1.82, 2.24) is 0 Å². The number of carbonyl (C=O) groups is 1. The number of fused-ring (bicyclic) bond motifs is 1. The zero-order valence-corrected chi connectivity index (χ0v) is 12.8. The topological polar surface area (TPSA) is 101 Å². The number of halogens is 1. The summed E-state index contributed by atoms with van der Waals surface area (Å²) in [5.41, 5.74) is 9.10. The summed E-state index contributed by atoms with van der Waals surface area (Å²) in [7, 11) is 0. The minimum Gasteiger partial charge on any atom is -0.457 e. The van der Waals surface area contributed by atoms with Crippen LogP contribution in [-0.2, 0) is 16.0 Å². The third-order valence-electron chi connectivity index (χ3n) is 2.86. The smallest absolute Gasteiger partial charge is 0.419 e. The molecule has 1 N–H and O–H groups in total. The van der Waals surface area contributed by atoms with E-state index in [4.69, 9.17) is 19.7 Å². The molecule has 0 radical (unpaired) electrons. The molecule has 8 heteroatoms. The highest BCUT2D eigenvalue weighted by molar-refractivity contribution is 9.10. The van der Waals surface area contributed by atoms with Crippen LogP contribution in [0.3, 0.4) is 0 Å². The Bertz CT molecular complexity index is 613. The molecule has 112 valence electrons. The van der Waals surface area contributed by atoms with E-state index in [0.29, 0.717) is 21.5 Å². The Kier molecular flexibility index (Phi) is 4.95. The van der Waals surface area contributed by atoms with Crippen LogP contribution < -0.4 is 9.47 Å². The van der Waals surface area contributed by atoms with E-state index in [0.717, 1.165) is 0 Å². The first-order valence-electron chi connectivity index (χ1n) is 6.22. The highest BCUT2D eigenvalue weighted by Crippen LogP contribution is 2.37. The van der Waals surface area contributed by atoms with E-state index in [1.54, 1.807) is 19.1 Å². The van der Waals surface area contributed by atoms with Gasteiger partial charge in [-0.1, -0.05) is 15.9 Å². The molecule has 1 aromatic carbocycles. The number of aliphatic hydroxyl groups excluding tert-OH is 1. The number of ether oxygens (including phenoxy) is 3. The number of carbonyl (C=O) groups excluding carboxylic acids is 1. The fraction of sp³-hybridized carbons (Fsp3) is 0.385. The lowest BCUT2D eigenvalue weighted by atomic mass is 10.0. The largest absolute Gasteiger partial charge is 0.457 e. The van der Waals surface area contributed by atoms with E-state index in [1.807, 2.05) is 0 Å². The molecular formula is C13H13BrN2O5. The summed E-state index contributed by atoms with van der Waals surface area (Å²) in [6.07, 6.45) is -1.25. The maximum atomic E-state index is 11.5. The van der Waals surface area contributed by atoms with Crippen LogP contribution in [0.1, 0.15) is 12.5 Å². The molecule has 1 aliphatic rings. The van der Waals surface area contributed by atoms with E-state index in [9.17, 15) is 9.90 Å². The summed E-state index contributed by atoms with van der Waals surface area (Å²) in [6, 6.07) is 3.40. The molecule has 0 spiro atoms. The minimum atomic E-state index is -1.30. The molecule has 1 unspecified atom stereocenters. The molecule has 0 fully saturated rings. The Hall–Kier alpha value is -1.89. The predicted octanol–water partition coefficient (Wildman–Crippen LogP) is 1.32. The minimum absolute atomic E-state index is 0.0510. The molecular weight excluding hydrogens is 344 g/mol. The van der Waals surface area contributed by atoms with Gasteiger partial charge in [-0.05, 0) is 24.6 Å². The molecule has 1 aliphatic heterocycles. The second-order valence-electron chi connectivity index (χ2n) is 4.22. The van der Waals surface area contributed by atoms with Gasteiger partial charge in [0.15, 0.2) is 17.6 Å². The fourth-order valence-electron chi connectivity index (χ4n) is 1.87. The van der Waals surface area contributed by atoms with Crippen molar-refractivity contribution >= 4 is 27.6 Å². The van der Waals surface area contributed by atoms with Gasteiger partial charge in [0, 0.05) is 10.9 Å². The highest BCUT2D eigenvalue weighted by atomic mass is 79.9. The van der Waals surface area contributed by atoms with Gasteiger partial charge in [-0.3, -0.25) is 0 Å². The zero-order chi connectivity index (χ0) is 15.4. The number of nitrogens with zero attached hydrogens (tertiary/aromatic N) is 2. The van der Waals surface area contributed by atoms with E-state index in [1.165, 1.54) is 0 Å². The molecule has 1 atom stereocenters. The van der Waals surface area contributed by atoms with Crippen LogP contribution in [0.25, 0.3) is 5.53 Å². The first-order valence-corrected chi connectivity index (χ1v) is 7.01. The Morgan fingerprint density at radius 1 is 1.52 bits per heavy atom. The normalized spacial score (nSPS) is 13.5. The number of aliphatic hydroxyl groups is 1. The SMILES string of the molecule is CCOC(=O)C(=[N+]=[N-])C(O)Cc1cc2c(cc1Br)OCO2. The van der Waals surface area contributed by atoms with Crippen molar-refractivity contribution in [3.63, 3.8) is 0 Å². The Morgan fingerprint density at radius 3 is 2.81 bits per heavy atom. The van der Waals surface area contributed by atoms with Crippen molar-refractivity contribution in [2.75, 3.05) is 13.4 Å². The number of esters is 1. The lowest BCUT2D eigenvalue weighted by molar-refractivity contribution is -0.141. The molecule has 21 heavy (non-hydrogen) atoms. The Labute approximate surface area is 129 Å². The lowest BCUT2D eigenvalue weighted by Crippen LogP contribution is -2.33. The molecule has 0 aromatic heterocycles. The number of hydrogen-bond donors (Lipinski definition) is 1. The quantitative estimate of drug-likeness (QED) is 0.371. The second kappa shape index (κ2) is 6.71. The first kappa shape index (κ1) is 15.5. The van der Waals surface area contributed by atoms with Gasteiger partial charge in [0.05, 0.1) is 6.61 Å². The van der Waals surface area contributed by atoms with Gasteiger partial charge in [0.25, 0.3) is 0 Å². The molecule has 1 aromatic rings. The van der Waals surface area contributed by atoms with E-state index < -0.39 is 17.8 Å². The summed E-state index contributed by atoms with van der Waals surface area (Å²) in [5, 5.41) is 10.0. The molecule has 2 rings (SSSR count). The first-order chi connectivity index (χ1) is 10.1. The molecule has 0 aliphatic carbocycles. The molecule has 7 nitrogen and oxygen atoms in total. The maximum Gasteiger partial charge on any atom is 0.419 e. The van der Waals surface area contributed by atoms with Crippen LogP contribution >= 0.6 is 15.9 Å². The number of benzene rings is 1. The van der Waals surface area contributed by atoms with Crippen molar-refractivity contribution in [3.05, 3.63) is 27.7 Å². The van der Waals surface area contributed by atoms with E-state index >= 15 is 0 Å². The fourth-order valence-corrected chi connectivity index (χ4v) is 2.35. The van der Waals surface area contributed by atoms with Gasteiger partial charge in [-0.15, -0.1) is 0 Å². The third kappa shape index (κ3) is 3.41. The van der Waals surface area contributed by atoms with Crippen LogP contribution in [0.2, 0.25) is 0 Å². The van der Waals surface area contributed by atoms with Gasteiger partial charge in [-0.25, -0.2) is 4.79 Å². The molecule has 0 bridgehead atoms. The summed E-state index contributed by atoms with van der Waals surface area (Å²) in [4.78, 5) is 14.4. The van der Waals surface area contributed by atoms with E-state index in [-0.39, 0.29) is 19.8 Å². The highest BCUT2D eigenvalue weighted by Gasteiger charge is 2.32. The van der Waals surface area contributed by atoms with E-state index in [2.05, 4.69) is 20.7 Å². The average molecular weight is 357 g/mol. The number of rotatable bonds is 5. The molecule has 0 amide bonds. The monoisotopic (exact) mass is 356 g/mol. The summed E-state index contributed by atoms with van der Waals surface area (Å²) >= 11 is 3.35. The second-order valence-corrected chi connectivity index (χ2v) is 5.08. The van der Waals surface area contributed by atoms with Gasteiger partial charge in [0.1, 0.15) is 0 Å². The maximum absolute atomic E-state index is 11.5. The van der Waals surface area contributed by atoms with Crippen molar-refractivity contribution < 1.29 is 28.9 Å². The van der Waals surface area contributed by atoms with Gasteiger partial charge < -0.3 is 24.8 Å². The summed E-state index contributed by atoms with van der Waals surface area (Å²) in [5.74, 6) is 0.296. The Balaban J connectivity index is 2.17. The lowest BCUT2D eigenvalue weighted by Gasteiger charge is -2.09. The average Bonchev–Trinajstić information content (AvgIpc) is 2.87. The van der Waals surface area contributed by atoms with Crippen LogP contribution in [0.15, 0.2) is 16.6 Å². The van der Waals surface area contributed by atoms with Crippen molar-refractivity contribution in [2.24, 2.45) is 0 Å². The van der Waals surface area contributed by atoms with Crippen LogP contribution in [0, 0.1) is 0 Å². The van der Waals surface area contributed by atoms with Crippen molar-refractivity contribution in [2.45, 2.75) is 19.4 Å². The predicted molar refractivity (Wildman–Crippen MR) is 75.2 cm³/mol. The number of hydrogen-bond acceptors (Lipinski definition) is 5. The van der Waals surface area contributed by atoms with Crippen molar-refractivity contribution in [3.8, 4) is 11.5 Å². The summed E-state index contributed by atoms with van der Waals surface area (Å²) in [6.45, 7) is 1.88. The summed E-state index contributed by atoms with van der Waals surface area (Å²) < 4.78 is 15.9. The van der Waals surface area contributed by atoms with Gasteiger partial charge >= 0.3 is 11.7 Å².